The summed E-state index contributed by atoms with van der Waals surface area (Å²) in [7, 11) is 1.58. The van der Waals surface area contributed by atoms with Crippen LogP contribution < -0.4 is 10.5 Å². The van der Waals surface area contributed by atoms with Crippen LogP contribution in [0.4, 0.5) is 0 Å². The summed E-state index contributed by atoms with van der Waals surface area (Å²) in [5.74, 6) is 1.24. The molecule has 2 N–H and O–H groups in total. The van der Waals surface area contributed by atoms with E-state index in [2.05, 4.69) is 0 Å². The van der Waals surface area contributed by atoms with Crippen molar-refractivity contribution in [2.24, 2.45) is 5.73 Å². The van der Waals surface area contributed by atoms with E-state index in [1.165, 1.54) is 11.3 Å². The van der Waals surface area contributed by atoms with E-state index in [9.17, 15) is 0 Å². The lowest BCUT2D eigenvalue weighted by molar-refractivity contribution is 0.406. The average molecular weight is 328 g/mol. The van der Waals surface area contributed by atoms with E-state index in [1.54, 1.807) is 13.2 Å². The van der Waals surface area contributed by atoms with Gasteiger partial charge in [-0.3, -0.25) is 0 Å². The summed E-state index contributed by atoms with van der Waals surface area (Å²) >= 11 is 13.4. The minimum absolute atomic E-state index is 0.358. The topological polar surface area (TPSA) is 48.4 Å². The molecule has 0 aliphatic carbocycles. The predicted molar refractivity (Wildman–Crippen MR) is 83.1 cm³/mol. The molecule has 1 aromatic carbocycles. The van der Waals surface area contributed by atoms with Crippen LogP contribution in [0.3, 0.4) is 0 Å². The van der Waals surface area contributed by atoms with Crippen molar-refractivity contribution in [3.63, 3.8) is 0 Å². The van der Waals surface area contributed by atoms with Gasteiger partial charge < -0.3 is 14.9 Å². The molecule has 2 aromatic heterocycles. The monoisotopic (exact) mass is 327 g/mol. The van der Waals surface area contributed by atoms with Crippen molar-refractivity contribution in [3.05, 3.63) is 50.3 Å². The zero-order chi connectivity index (χ0) is 14.3. The van der Waals surface area contributed by atoms with Gasteiger partial charge in [-0.1, -0.05) is 23.2 Å². The lowest BCUT2D eigenvalue weighted by Crippen LogP contribution is -2.08. The first kappa shape index (κ1) is 13.8. The van der Waals surface area contributed by atoms with Gasteiger partial charge in [0.15, 0.2) is 11.3 Å². The molecule has 0 saturated carbocycles. The quantitative estimate of drug-likeness (QED) is 0.747. The molecule has 1 unspecified atom stereocenters. The fraction of sp³-hybridized carbons (Fsp3) is 0.143. The summed E-state index contributed by atoms with van der Waals surface area (Å²) in [5.41, 5.74) is 6.85. The normalized spacial score (nSPS) is 12.8. The van der Waals surface area contributed by atoms with E-state index in [-0.39, 0.29) is 6.04 Å². The molecule has 2 heterocycles. The fourth-order valence-electron chi connectivity index (χ4n) is 2.05. The number of halogens is 2. The van der Waals surface area contributed by atoms with Gasteiger partial charge in [0.25, 0.3) is 0 Å². The third kappa shape index (κ3) is 2.40. The van der Waals surface area contributed by atoms with Crippen molar-refractivity contribution in [1.82, 2.24) is 0 Å². The number of nitrogens with two attached hydrogens (primary N) is 1. The molecule has 0 spiro atoms. The number of rotatable bonds is 3. The molecule has 3 rings (SSSR count). The van der Waals surface area contributed by atoms with Crippen LogP contribution in [0.1, 0.15) is 16.7 Å². The van der Waals surface area contributed by atoms with E-state index < -0.39 is 0 Å². The van der Waals surface area contributed by atoms with Crippen LogP contribution in [0.5, 0.6) is 5.75 Å². The van der Waals surface area contributed by atoms with Gasteiger partial charge in [-0.25, -0.2) is 0 Å². The number of hydrogen-bond acceptors (Lipinski definition) is 4. The molecule has 104 valence electrons. The number of ether oxygens (including phenoxy) is 1. The number of furan rings is 1. The minimum Gasteiger partial charge on any atom is -0.493 e. The van der Waals surface area contributed by atoms with Crippen LogP contribution in [0, 0.1) is 0 Å². The van der Waals surface area contributed by atoms with Crippen LogP contribution in [0.15, 0.2) is 34.7 Å². The fourth-order valence-corrected chi connectivity index (χ4v) is 3.33. The van der Waals surface area contributed by atoms with Crippen molar-refractivity contribution in [2.45, 2.75) is 6.04 Å². The third-order valence-corrected chi connectivity index (χ3v) is 4.53. The van der Waals surface area contributed by atoms with Gasteiger partial charge in [0.1, 0.15) is 5.76 Å². The summed E-state index contributed by atoms with van der Waals surface area (Å²) in [6, 6.07) is 8.77. The molecule has 3 nitrogen and oxygen atoms in total. The first-order chi connectivity index (χ1) is 9.58. The van der Waals surface area contributed by atoms with E-state index >= 15 is 0 Å². The standard InChI is InChI=1S/C14H11Cl2NO2S/c1-18-10-6-8(15)4-7-5-9(19-14(7)10)13(17)11-2-3-12(16)20-11/h2-6,13H,17H2,1H3. The predicted octanol–water partition coefficient (Wildman–Crippen LogP) is 4.86. The SMILES string of the molecule is COc1cc(Cl)cc2cc(C(N)c3ccc(Cl)s3)oc12. The lowest BCUT2D eigenvalue weighted by atomic mass is 10.2. The van der Waals surface area contributed by atoms with E-state index in [1.807, 2.05) is 24.3 Å². The second-order valence-corrected chi connectivity index (χ2v) is 6.48. The zero-order valence-corrected chi connectivity index (χ0v) is 12.9. The number of thiophene rings is 1. The Labute approximate surface area is 129 Å². The van der Waals surface area contributed by atoms with Crippen molar-refractivity contribution in [1.29, 1.82) is 0 Å². The smallest absolute Gasteiger partial charge is 0.176 e. The molecular weight excluding hydrogens is 317 g/mol. The highest BCUT2D eigenvalue weighted by molar-refractivity contribution is 7.16. The first-order valence-corrected chi connectivity index (χ1v) is 7.43. The van der Waals surface area contributed by atoms with Crippen LogP contribution in [0.25, 0.3) is 11.0 Å². The Morgan fingerprint density at radius 3 is 2.70 bits per heavy atom. The summed E-state index contributed by atoms with van der Waals surface area (Å²) in [6.07, 6.45) is 0. The highest BCUT2D eigenvalue weighted by Gasteiger charge is 2.18. The molecule has 0 aliphatic rings. The molecule has 0 fully saturated rings. The van der Waals surface area contributed by atoms with Crippen molar-refractivity contribution in [2.75, 3.05) is 7.11 Å². The van der Waals surface area contributed by atoms with Crippen LogP contribution in [-0.2, 0) is 0 Å². The number of fused-ring (bicyclic) bond motifs is 1. The maximum absolute atomic E-state index is 6.21. The van der Waals surface area contributed by atoms with E-state index in [0.717, 1.165) is 10.3 Å². The van der Waals surface area contributed by atoms with Gasteiger partial charge in [0.05, 0.1) is 17.5 Å². The van der Waals surface area contributed by atoms with Gasteiger partial charge in [0, 0.05) is 21.4 Å². The van der Waals surface area contributed by atoms with Crippen molar-refractivity contribution < 1.29 is 9.15 Å². The number of benzene rings is 1. The van der Waals surface area contributed by atoms with Gasteiger partial charge in [-0.2, -0.15) is 0 Å². The largest absolute Gasteiger partial charge is 0.493 e. The highest BCUT2D eigenvalue weighted by Crippen LogP contribution is 2.36. The number of methoxy groups -OCH3 is 1. The van der Waals surface area contributed by atoms with Gasteiger partial charge in [-0.05, 0) is 24.3 Å². The maximum atomic E-state index is 6.21. The number of hydrogen-bond donors (Lipinski definition) is 1. The second kappa shape index (κ2) is 5.30. The lowest BCUT2D eigenvalue weighted by Gasteiger charge is -2.05. The molecular formula is C14H11Cl2NO2S. The maximum Gasteiger partial charge on any atom is 0.176 e. The van der Waals surface area contributed by atoms with Gasteiger partial charge >= 0.3 is 0 Å². The molecule has 20 heavy (non-hydrogen) atoms. The Kier molecular flexibility index (Phi) is 3.65. The summed E-state index contributed by atoms with van der Waals surface area (Å²) in [5, 5.41) is 1.46. The Balaban J connectivity index is 2.08. The summed E-state index contributed by atoms with van der Waals surface area (Å²) < 4.78 is 11.8. The van der Waals surface area contributed by atoms with Crippen molar-refractivity contribution >= 4 is 45.5 Å². The zero-order valence-electron chi connectivity index (χ0n) is 10.5. The molecule has 0 bridgehead atoms. The molecule has 0 amide bonds. The first-order valence-electron chi connectivity index (χ1n) is 5.86. The Hall–Kier alpha value is -1.20. The van der Waals surface area contributed by atoms with Crippen molar-refractivity contribution in [3.8, 4) is 5.75 Å². The summed E-state index contributed by atoms with van der Waals surface area (Å²) in [6.45, 7) is 0. The molecule has 3 aromatic rings. The summed E-state index contributed by atoms with van der Waals surface area (Å²) in [4.78, 5) is 0.944. The Bertz CT molecular complexity index is 766. The van der Waals surface area contributed by atoms with Gasteiger partial charge in [0.2, 0.25) is 0 Å². The second-order valence-electron chi connectivity index (χ2n) is 4.29. The minimum atomic E-state index is -0.358. The Morgan fingerprint density at radius 1 is 1.25 bits per heavy atom. The van der Waals surface area contributed by atoms with E-state index in [0.29, 0.717) is 26.5 Å². The van der Waals surface area contributed by atoms with Crippen LogP contribution >= 0.6 is 34.5 Å². The van der Waals surface area contributed by atoms with Crippen LogP contribution in [0.2, 0.25) is 9.36 Å². The molecule has 6 heteroatoms. The molecule has 1 atom stereocenters. The highest BCUT2D eigenvalue weighted by atomic mass is 35.5. The molecule has 0 radical (unpaired) electrons. The molecule has 0 aliphatic heterocycles. The average Bonchev–Trinajstić information content (AvgIpc) is 3.02. The van der Waals surface area contributed by atoms with Gasteiger partial charge in [-0.15, -0.1) is 11.3 Å². The third-order valence-electron chi connectivity index (χ3n) is 2.99. The van der Waals surface area contributed by atoms with Crippen LogP contribution in [-0.4, -0.2) is 7.11 Å². The Morgan fingerprint density at radius 2 is 2.05 bits per heavy atom. The van der Waals surface area contributed by atoms with E-state index in [4.69, 9.17) is 38.1 Å². The molecule has 0 saturated heterocycles.